The minimum atomic E-state index is -0.530. The topological polar surface area (TPSA) is 75.3 Å². The lowest BCUT2D eigenvalue weighted by atomic mass is 10.2. The number of rotatable bonds is 2. The molecule has 18 heavy (non-hydrogen) atoms. The molecule has 4 N–H and O–H groups in total. The van der Waals surface area contributed by atoms with Gasteiger partial charge in [-0.05, 0) is 42.5 Å². The SMILES string of the molecule is Nc1cc(NC(=O)c2ccc(O)cc2)ccc1F. The first-order valence-electron chi connectivity index (χ1n) is 5.21. The molecule has 2 aromatic carbocycles. The van der Waals surface area contributed by atoms with E-state index in [0.29, 0.717) is 11.3 Å². The van der Waals surface area contributed by atoms with Crippen LogP contribution in [0.3, 0.4) is 0 Å². The van der Waals surface area contributed by atoms with Gasteiger partial charge in [-0.15, -0.1) is 0 Å². The Hall–Kier alpha value is -2.56. The number of hydrogen-bond acceptors (Lipinski definition) is 3. The van der Waals surface area contributed by atoms with Crippen molar-refractivity contribution >= 4 is 17.3 Å². The van der Waals surface area contributed by atoms with Crippen LogP contribution < -0.4 is 11.1 Å². The summed E-state index contributed by atoms with van der Waals surface area (Å²) in [5.41, 5.74) is 6.16. The van der Waals surface area contributed by atoms with Gasteiger partial charge in [0.05, 0.1) is 5.69 Å². The third-order valence-electron chi connectivity index (χ3n) is 2.38. The number of nitrogen functional groups attached to an aromatic ring is 1. The predicted octanol–water partition coefficient (Wildman–Crippen LogP) is 2.37. The van der Waals surface area contributed by atoms with E-state index in [-0.39, 0.29) is 17.3 Å². The molecular weight excluding hydrogens is 235 g/mol. The van der Waals surface area contributed by atoms with Crippen LogP contribution in [0.5, 0.6) is 5.75 Å². The Labute approximate surface area is 103 Å². The predicted molar refractivity (Wildman–Crippen MR) is 66.9 cm³/mol. The van der Waals surface area contributed by atoms with Crippen LogP contribution in [-0.4, -0.2) is 11.0 Å². The number of amides is 1. The Morgan fingerprint density at radius 3 is 2.44 bits per heavy atom. The Balaban J connectivity index is 2.16. The van der Waals surface area contributed by atoms with Gasteiger partial charge in [0.1, 0.15) is 11.6 Å². The third-order valence-corrected chi connectivity index (χ3v) is 2.38. The van der Waals surface area contributed by atoms with Gasteiger partial charge in [0.25, 0.3) is 5.91 Å². The largest absolute Gasteiger partial charge is 0.508 e. The number of anilines is 2. The number of phenols is 1. The van der Waals surface area contributed by atoms with Crippen LogP contribution in [0.25, 0.3) is 0 Å². The Morgan fingerprint density at radius 1 is 1.17 bits per heavy atom. The van der Waals surface area contributed by atoms with Gasteiger partial charge >= 0.3 is 0 Å². The van der Waals surface area contributed by atoms with Crippen molar-refractivity contribution in [3.8, 4) is 5.75 Å². The van der Waals surface area contributed by atoms with Crippen LogP contribution in [0, 0.1) is 5.82 Å². The van der Waals surface area contributed by atoms with E-state index in [1.54, 1.807) is 0 Å². The number of nitrogens with one attached hydrogen (secondary N) is 1. The quantitative estimate of drug-likeness (QED) is 0.712. The van der Waals surface area contributed by atoms with Crippen LogP contribution in [-0.2, 0) is 0 Å². The third kappa shape index (κ3) is 2.57. The summed E-state index contributed by atoms with van der Waals surface area (Å²) in [4.78, 5) is 11.8. The van der Waals surface area contributed by atoms with Crippen LogP contribution in [0.1, 0.15) is 10.4 Å². The standard InChI is InChI=1S/C13H11FN2O2/c14-11-6-3-9(7-12(11)15)16-13(18)8-1-4-10(17)5-2-8/h1-7,17H,15H2,(H,16,18). The van der Waals surface area contributed by atoms with Gasteiger partial charge in [-0.3, -0.25) is 4.79 Å². The van der Waals surface area contributed by atoms with Crippen LogP contribution >= 0.6 is 0 Å². The second kappa shape index (κ2) is 4.75. The summed E-state index contributed by atoms with van der Waals surface area (Å²) in [6, 6.07) is 9.73. The zero-order chi connectivity index (χ0) is 13.1. The van der Waals surface area contributed by atoms with Crippen molar-refractivity contribution in [2.45, 2.75) is 0 Å². The van der Waals surface area contributed by atoms with E-state index in [4.69, 9.17) is 10.8 Å². The van der Waals surface area contributed by atoms with Crippen molar-refractivity contribution in [3.05, 3.63) is 53.8 Å². The average Bonchev–Trinajstić information content (AvgIpc) is 2.34. The van der Waals surface area contributed by atoms with Gasteiger partial charge in [-0.1, -0.05) is 0 Å². The molecule has 0 atom stereocenters. The van der Waals surface area contributed by atoms with E-state index < -0.39 is 5.82 Å². The Bertz CT molecular complexity index is 582. The molecule has 0 aliphatic rings. The molecule has 0 spiro atoms. The summed E-state index contributed by atoms with van der Waals surface area (Å²) in [6.07, 6.45) is 0. The van der Waals surface area contributed by atoms with Crippen LogP contribution in [0.4, 0.5) is 15.8 Å². The zero-order valence-corrected chi connectivity index (χ0v) is 9.35. The highest BCUT2D eigenvalue weighted by molar-refractivity contribution is 6.04. The minimum Gasteiger partial charge on any atom is -0.508 e. The van der Waals surface area contributed by atoms with E-state index in [9.17, 15) is 9.18 Å². The first-order chi connectivity index (χ1) is 8.56. The number of aromatic hydroxyl groups is 1. The first kappa shape index (κ1) is 11.9. The second-order valence-electron chi connectivity index (χ2n) is 3.74. The maximum Gasteiger partial charge on any atom is 0.255 e. The van der Waals surface area contributed by atoms with Crippen molar-refractivity contribution in [1.82, 2.24) is 0 Å². The van der Waals surface area contributed by atoms with Crippen molar-refractivity contribution < 1.29 is 14.3 Å². The monoisotopic (exact) mass is 246 g/mol. The fourth-order valence-electron chi connectivity index (χ4n) is 1.44. The lowest BCUT2D eigenvalue weighted by molar-refractivity contribution is 0.102. The molecule has 0 unspecified atom stereocenters. The summed E-state index contributed by atoms with van der Waals surface area (Å²) in [6.45, 7) is 0. The van der Waals surface area contributed by atoms with E-state index >= 15 is 0 Å². The molecule has 0 fully saturated rings. The maximum atomic E-state index is 12.9. The van der Waals surface area contributed by atoms with Gasteiger partial charge in [-0.2, -0.15) is 0 Å². The van der Waals surface area contributed by atoms with Crippen LogP contribution in [0.15, 0.2) is 42.5 Å². The lowest BCUT2D eigenvalue weighted by Gasteiger charge is -2.06. The molecule has 0 saturated carbocycles. The smallest absolute Gasteiger partial charge is 0.255 e. The first-order valence-corrected chi connectivity index (χ1v) is 5.21. The molecule has 0 aliphatic carbocycles. The fourth-order valence-corrected chi connectivity index (χ4v) is 1.44. The minimum absolute atomic E-state index is 0.0292. The number of halogens is 1. The van der Waals surface area contributed by atoms with E-state index in [1.165, 1.54) is 42.5 Å². The Morgan fingerprint density at radius 2 is 1.83 bits per heavy atom. The molecule has 0 aromatic heterocycles. The van der Waals surface area contributed by atoms with Gasteiger partial charge in [-0.25, -0.2) is 4.39 Å². The van der Waals surface area contributed by atoms with E-state index in [2.05, 4.69) is 5.32 Å². The molecule has 5 heteroatoms. The summed E-state index contributed by atoms with van der Waals surface area (Å²) in [5.74, 6) is -0.809. The zero-order valence-electron chi connectivity index (χ0n) is 9.35. The van der Waals surface area contributed by atoms with Crippen molar-refractivity contribution in [3.63, 3.8) is 0 Å². The highest BCUT2D eigenvalue weighted by atomic mass is 19.1. The molecule has 4 nitrogen and oxygen atoms in total. The van der Waals surface area contributed by atoms with Gasteiger partial charge < -0.3 is 16.2 Å². The number of carbonyl (C=O) groups is 1. The van der Waals surface area contributed by atoms with Crippen molar-refractivity contribution in [1.29, 1.82) is 0 Å². The molecule has 2 rings (SSSR count). The molecule has 1 amide bonds. The lowest BCUT2D eigenvalue weighted by Crippen LogP contribution is -2.11. The van der Waals surface area contributed by atoms with Crippen LogP contribution in [0.2, 0.25) is 0 Å². The molecule has 0 heterocycles. The summed E-state index contributed by atoms with van der Waals surface area (Å²) in [5, 5.41) is 11.7. The van der Waals surface area contributed by atoms with Crippen molar-refractivity contribution in [2.24, 2.45) is 0 Å². The molecule has 0 aliphatic heterocycles. The average molecular weight is 246 g/mol. The number of nitrogens with two attached hydrogens (primary N) is 1. The summed E-state index contributed by atoms with van der Waals surface area (Å²) < 4.78 is 12.9. The van der Waals surface area contributed by atoms with Gasteiger partial charge in [0.15, 0.2) is 0 Å². The normalized spacial score (nSPS) is 10.1. The van der Waals surface area contributed by atoms with Crippen molar-refractivity contribution in [2.75, 3.05) is 11.1 Å². The molecule has 0 saturated heterocycles. The van der Waals surface area contributed by atoms with Gasteiger partial charge in [0.2, 0.25) is 0 Å². The molecule has 2 aromatic rings. The van der Waals surface area contributed by atoms with Gasteiger partial charge in [0, 0.05) is 11.3 Å². The molecule has 0 radical (unpaired) electrons. The summed E-state index contributed by atoms with van der Waals surface area (Å²) in [7, 11) is 0. The van der Waals surface area contributed by atoms with E-state index in [0.717, 1.165) is 0 Å². The highest BCUT2D eigenvalue weighted by Gasteiger charge is 2.07. The second-order valence-corrected chi connectivity index (χ2v) is 3.74. The fraction of sp³-hybridized carbons (Fsp3) is 0. The highest BCUT2D eigenvalue weighted by Crippen LogP contribution is 2.17. The summed E-state index contributed by atoms with van der Waals surface area (Å²) >= 11 is 0. The molecule has 0 bridgehead atoms. The van der Waals surface area contributed by atoms with E-state index in [1.807, 2.05) is 0 Å². The number of phenolic OH excluding ortho intramolecular Hbond substituents is 1. The molecule has 92 valence electrons. The maximum absolute atomic E-state index is 12.9. The molecular formula is C13H11FN2O2. The Kier molecular flexibility index (Phi) is 3.14. The number of hydrogen-bond donors (Lipinski definition) is 3. The number of benzene rings is 2. The number of carbonyl (C=O) groups excluding carboxylic acids is 1.